The number of nitrogens with zero attached hydrogens (tertiary/aromatic N) is 3. The summed E-state index contributed by atoms with van der Waals surface area (Å²) in [4.78, 5) is 44.3. The number of likely N-dealkylation sites (tertiary alicyclic amines) is 2. The molecule has 10 nitrogen and oxygen atoms in total. The number of carbonyl (C=O) groups excluding carboxylic acids is 3. The molecule has 0 saturated carbocycles. The van der Waals surface area contributed by atoms with Gasteiger partial charge < -0.3 is 34.8 Å². The van der Waals surface area contributed by atoms with Crippen molar-refractivity contribution < 1.29 is 23.9 Å². The first kappa shape index (κ1) is 23.2. The number of ether oxygens (including phenoxy) is 2. The Balaban J connectivity index is 0.982. The van der Waals surface area contributed by atoms with E-state index in [1.54, 1.807) is 18.2 Å². The van der Waals surface area contributed by atoms with Crippen LogP contribution in [-0.2, 0) is 4.79 Å². The predicted octanol–water partition coefficient (Wildman–Crippen LogP) is 2.50. The summed E-state index contributed by atoms with van der Waals surface area (Å²) in [7, 11) is 0. The number of carbonyl (C=O) groups is 3. The second-order valence-electron chi connectivity index (χ2n) is 10.8. The van der Waals surface area contributed by atoms with Crippen LogP contribution in [0.15, 0.2) is 18.2 Å². The molecule has 5 aliphatic heterocycles. The Bertz CT molecular complexity index is 1030. The van der Waals surface area contributed by atoms with Gasteiger partial charge in [0.25, 0.3) is 0 Å². The molecule has 10 heteroatoms. The average Bonchev–Trinajstić information content (AvgIpc) is 2.89. The minimum Gasteiger partial charge on any atom is -0.486 e. The normalized spacial score (nSPS) is 27.8. The van der Waals surface area contributed by atoms with Crippen LogP contribution in [0, 0.1) is 11.8 Å². The molecule has 3 atom stereocenters. The summed E-state index contributed by atoms with van der Waals surface area (Å²) in [6.45, 7) is 4.58. The molecule has 194 valence electrons. The van der Waals surface area contributed by atoms with E-state index in [9.17, 15) is 14.4 Å². The maximum absolute atomic E-state index is 13.3. The van der Waals surface area contributed by atoms with Gasteiger partial charge in [0, 0.05) is 63.0 Å². The Morgan fingerprint density at radius 1 is 0.944 bits per heavy atom. The van der Waals surface area contributed by atoms with Crippen LogP contribution in [0.2, 0.25) is 0 Å². The Kier molecular flexibility index (Phi) is 6.27. The molecule has 2 bridgehead atoms. The molecule has 4 saturated heterocycles. The van der Waals surface area contributed by atoms with Crippen molar-refractivity contribution in [3.05, 3.63) is 18.2 Å². The van der Waals surface area contributed by atoms with Crippen LogP contribution in [0.3, 0.4) is 0 Å². The van der Waals surface area contributed by atoms with Gasteiger partial charge in [0.1, 0.15) is 13.2 Å². The molecule has 6 rings (SSSR count). The van der Waals surface area contributed by atoms with Gasteiger partial charge in [-0.25, -0.2) is 9.59 Å². The lowest BCUT2D eigenvalue weighted by Gasteiger charge is -2.53. The fourth-order valence-electron chi connectivity index (χ4n) is 6.65. The second kappa shape index (κ2) is 9.71. The van der Waals surface area contributed by atoms with Crippen LogP contribution in [-0.4, -0.2) is 90.7 Å². The molecular weight excluding hydrogens is 462 g/mol. The molecule has 5 aliphatic rings. The molecule has 2 N–H and O–H groups in total. The SMILES string of the molecule is O=C(Nc1ccc2c(c1)OCCO2)NC1CCN(C(=O)N2CC3CC(C2)[C@H]2CCCC(=O)N2C3)CC1. The Labute approximate surface area is 211 Å². The maximum Gasteiger partial charge on any atom is 0.320 e. The first-order chi connectivity index (χ1) is 17.5. The van der Waals surface area contributed by atoms with Gasteiger partial charge >= 0.3 is 12.1 Å². The Morgan fingerprint density at radius 2 is 1.75 bits per heavy atom. The number of piperidine rings is 4. The number of benzene rings is 1. The molecule has 4 fully saturated rings. The highest BCUT2D eigenvalue weighted by molar-refractivity contribution is 5.90. The van der Waals surface area contributed by atoms with Crippen molar-refractivity contribution in [2.75, 3.05) is 51.3 Å². The quantitative estimate of drug-likeness (QED) is 0.654. The number of urea groups is 2. The number of fused-ring (bicyclic) bond motifs is 5. The second-order valence-corrected chi connectivity index (χ2v) is 10.8. The molecule has 2 unspecified atom stereocenters. The van der Waals surface area contributed by atoms with Crippen LogP contribution in [0.1, 0.15) is 38.5 Å². The third-order valence-electron chi connectivity index (χ3n) is 8.35. The van der Waals surface area contributed by atoms with Crippen molar-refractivity contribution in [1.82, 2.24) is 20.0 Å². The highest BCUT2D eigenvalue weighted by Crippen LogP contribution is 2.38. The van der Waals surface area contributed by atoms with Gasteiger partial charge in [-0.3, -0.25) is 4.79 Å². The van der Waals surface area contributed by atoms with E-state index < -0.39 is 0 Å². The molecule has 0 aromatic heterocycles. The summed E-state index contributed by atoms with van der Waals surface area (Å²) in [5, 5.41) is 5.91. The van der Waals surface area contributed by atoms with Crippen molar-refractivity contribution in [3.63, 3.8) is 0 Å². The Morgan fingerprint density at radius 3 is 2.58 bits per heavy atom. The molecule has 5 heterocycles. The van der Waals surface area contributed by atoms with Gasteiger partial charge in [0.05, 0.1) is 0 Å². The van der Waals surface area contributed by atoms with E-state index >= 15 is 0 Å². The van der Waals surface area contributed by atoms with Crippen molar-refractivity contribution >= 4 is 23.7 Å². The highest BCUT2D eigenvalue weighted by atomic mass is 16.6. The minimum atomic E-state index is -0.258. The molecular formula is C26H35N5O5. The molecule has 1 aromatic carbocycles. The third kappa shape index (κ3) is 4.65. The van der Waals surface area contributed by atoms with Crippen LogP contribution in [0.5, 0.6) is 11.5 Å². The first-order valence-electron chi connectivity index (χ1n) is 13.3. The standard InChI is InChI=1S/C26H35N5O5/c32-24-3-1-2-21-18-12-17(15-31(21)24)14-30(16-18)26(34)29-8-6-19(7-9-29)27-25(33)28-20-4-5-22-23(13-20)36-11-10-35-22/h4-5,13,17-19,21H,1-3,6-12,14-16H2,(H2,27,28,33)/t17?,18?,21-/m1/s1. The van der Waals surface area contributed by atoms with Gasteiger partial charge in [-0.1, -0.05) is 0 Å². The zero-order valence-electron chi connectivity index (χ0n) is 20.6. The zero-order chi connectivity index (χ0) is 24.6. The van der Waals surface area contributed by atoms with Gasteiger partial charge in [-0.05, 0) is 56.1 Å². The predicted molar refractivity (Wildman–Crippen MR) is 132 cm³/mol. The van der Waals surface area contributed by atoms with Crippen molar-refractivity contribution in [1.29, 1.82) is 0 Å². The van der Waals surface area contributed by atoms with Gasteiger partial charge in [0.15, 0.2) is 11.5 Å². The summed E-state index contributed by atoms with van der Waals surface area (Å²) in [5.74, 6) is 2.40. The number of rotatable bonds is 2. The van der Waals surface area contributed by atoms with E-state index in [1.165, 1.54) is 0 Å². The van der Waals surface area contributed by atoms with E-state index in [0.29, 0.717) is 73.7 Å². The summed E-state index contributed by atoms with van der Waals surface area (Å²) >= 11 is 0. The number of hydrogen-bond donors (Lipinski definition) is 2. The number of amides is 5. The highest BCUT2D eigenvalue weighted by Gasteiger charge is 2.45. The fraction of sp³-hybridized carbons (Fsp3) is 0.654. The smallest absolute Gasteiger partial charge is 0.320 e. The number of nitrogens with one attached hydrogen (secondary N) is 2. The third-order valence-corrected chi connectivity index (χ3v) is 8.35. The van der Waals surface area contributed by atoms with E-state index in [0.717, 1.165) is 51.7 Å². The largest absolute Gasteiger partial charge is 0.486 e. The van der Waals surface area contributed by atoms with Crippen LogP contribution in [0.4, 0.5) is 15.3 Å². The van der Waals surface area contributed by atoms with Crippen LogP contribution in [0.25, 0.3) is 0 Å². The van der Waals surface area contributed by atoms with Crippen LogP contribution < -0.4 is 20.1 Å². The first-order valence-corrected chi connectivity index (χ1v) is 13.3. The van der Waals surface area contributed by atoms with Crippen molar-refractivity contribution in [2.24, 2.45) is 11.8 Å². The van der Waals surface area contributed by atoms with Gasteiger partial charge in [0.2, 0.25) is 5.91 Å². The Hall–Kier alpha value is -3.17. The van der Waals surface area contributed by atoms with Gasteiger partial charge in [-0.15, -0.1) is 0 Å². The topological polar surface area (TPSA) is 103 Å². The lowest BCUT2D eigenvalue weighted by Crippen LogP contribution is -2.62. The molecule has 5 amide bonds. The fourth-order valence-corrected chi connectivity index (χ4v) is 6.65. The molecule has 1 aromatic rings. The number of hydrogen-bond acceptors (Lipinski definition) is 5. The lowest BCUT2D eigenvalue weighted by molar-refractivity contribution is -0.144. The van der Waals surface area contributed by atoms with Crippen molar-refractivity contribution in [2.45, 2.75) is 50.6 Å². The van der Waals surface area contributed by atoms with Crippen LogP contribution >= 0.6 is 0 Å². The van der Waals surface area contributed by atoms with E-state index in [-0.39, 0.29) is 18.1 Å². The zero-order valence-corrected chi connectivity index (χ0v) is 20.6. The van der Waals surface area contributed by atoms with E-state index in [2.05, 4.69) is 15.5 Å². The average molecular weight is 498 g/mol. The summed E-state index contributed by atoms with van der Waals surface area (Å²) in [6, 6.07) is 5.55. The lowest BCUT2D eigenvalue weighted by atomic mass is 9.76. The van der Waals surface area contributed by atoms with E-state index in [1.807, 2.05) is 9.80 Å². The monoisotopic (exact) mass is 497 g/mol. The van der Waals surface area contributed by atoms with Crippen molar-refractivity contribution in [3.8, 4) is 11.5 Å². The maximum atomic E-state index is 13.3. The summed E-state index contributed by atoms with van der Waals surface area (Å²) in [6.07, 6.45) is 5.30. The summed E-state index contributed by atoms with van der Waals surface area (Å²) < 4.78 is 11.1. The molecule has 0 radical (unpaired) electrons. The molecule has 0 spiro atoms. The minimum absolute atomic E-state index is 0.0220. The number of anilines is 1. The molecule has 36 heavy (non-hydrogen) atoms. The van der Waals surface area contributed by atoms with Gasteiger partial charge in [-0.2, -0.15) is 0 Å². The summed E-state index contributed by atoms with van der Waals surface area (Å²) in [5.41, 5.74) is 0.651. The molecule has 0 aliphatic carbocycles. The van der Waals surface area contributed by atoms with E-state index in [4.69, 9.17) is 9.47 Å².